The van der Waals surface area contributed by atoms with E-state index in [9.17, 15) is 14.4 Å². The van der Waals surface area contributed by atoms with Crippen LogP contribution in [0, 0.1) is 5.41 Å². The van der Waals surface area contributed by atoms with Gasteiger partial charge in [0, 0.05) is 5.41 Å². The van der Waals surface area contributed by atoms with Crippen molar-refractivity contribution < 1.29 is 43.5 Å². The first kappa shape index (κ1) is 21.3. The van der Waals surface area contributed by atoms with E-state index >= 15 is 0 Å². The van der Waals surface area contributed by atoms with E-state index in [2.05, 4.69) is 4.74 Å². The summed E-state index contributed by atoms with van der Waals surface area (Å²) in [5.74, 6) is -1.90. The fraction of sp³-hybridized carbons (Fsp3) is 0.786. The van der Waals surface area contributed by atoms with Crippen LogP contribution in [0.2, 0.25) is 0 Å². The van der Waals surface area contributed by atoms with Gasteiger partial charge in [0.1, 0.15) is 6.61 Å². The molecule has 0 amide bonds. The molecule has 0 aromatic carbocycles. The van der Waals surface area contributed by atoms with Gasteiger partial charge >= 0.3 is 11.9 Å². The quantitative estimate of drug-likeness (QED) is 0.299. The number of aliphatic carboxylic acids is 2. The zero-order chi connectivity index (χ0) is 17.6. The Morgan fingerprint density at radius 1 is 0.870 bits per heavy atom. The Hall–Kier alpha value is -1.71. The minimum Gasteiger partial charge on any atom is -0.481 e. The van der Waals surface area contributed by atoms with Crippen LogP contribution in [-0.4, -0.2) is 74.9 Å². The molecule has 2 N–H and O–H groups in total. The number of carbonyl (C=O) groups excluding carboxylic acids is 1. The summed E-state index contributed by atoms with van der Waals surface area (Å²) >= 11 is 0. The van der Waals surface area contributed by atoms with E-state index in [1.165, 1.54) is 0 Å². The van der Waals surface area contributed by atoms with Crippen LogP contribution in [0.1, 0.15) is 19.8 Å². The van der Waals surface area contributed by atoms with Crippen molar-refractivity contribution in [3.63, 3.8) is 0 Å². The fourth-order valence-corrected chi connectivity index (χ4v) is 1.55. The molecule has 0 heterocycles. The van der Waals surface area contributed by atoms with Crippen molar-refractivity contribution in [1.82, 2.24) is 0 Å². The normalized spacial score (nSPS) is 11.2. The molecule has 9 nitrogen and oxygen atoms in total. The van der Waals surface area contributed by atoms with Gasteiger partial charge in [0.25, 0.3) is 6.47 Å². The predicted molar refractivity (Wildman–Crippen MR) is 77.1 cm³/mol. The number of rotatable bonds is 16. The number of carboxylic acids is 2. The Bertz CT molecular complexity index is 334. The molecule has 0 radical (unpaired) electrons. The second-order valence-electron chi connectivity index (χ2n) is 5.22. The van der Waals surface area contributed by atoms with Crippen molar-refractivity contribution in [2.75, 3.05) is 46.2 Å². The highest BCUT2D eigenvalue weighted by molar-refractivity contribution is 5.67. The third-order valence-electron chi connectivity index (χ3n) is 2.69. The third-order valence-corrected chi connectivity index (χ3v) is 2.69. The van der Waals surface area contributed by atoms with Gasteiger partial charge in [0.05, 0.1) is 52.5 Å². The average molecular weight is 336 g/mol. The molecule has 0 bridgehead atoms. The topological polar surface area (TPSA) is 129 Å². The van der Waals surface area contributed by atoms with E-state index in [1.54, 1.807) is 0 Å². The molecule has 0 aliphatic rings. The molecule has 134 valence electrons. The molecule has 23 heavy (non-hydrogen) atoms. The Kier molecular flexibility index (Phi) is 11.8. The van der Waals surface area contributed by atoms with Gasteiger partial charge in [-0.1, -0.05) is 6.92 Å². The minimum atomic E-state index is -0.952. The molecule has 9 heteroatoms. The molecule has 0 saturated carbocycles. The number of hydrogen-bond donors (Lipinski definition) is 2. The molecule has 0 saturated heterocycles. The second kappa shape index (κ2) is 12.8. The van der Waals surface area contributed by atoms with E-state index in [0.29, 0.717) is 6.47 Å². The van der Waals surface area contributed by atoms with E-state index in [0.717, 1.165) is 0 Å². The molecular weight excluding hydrogens is 312 g/mol. The Labute approximate surface area is 134 Å². The summed E-state index contributed by atoms with van der Waals surface area (Å²) in [4.78, 5) is 30.9. The van der Waals surface area contributed by atoms with Gasteiger partial charge in [0.2, 0.25) is 0 Å². The van der Waals surface area contributed by atoms with E-state index in [-0.39, 0.29) is 59.1 Å². The lowest BCUT2D eigenvalue weighted by Crippen LogP contribution is -2.35. The monoisotopic (exact) mass is 336 g/mol. The molecular formula is C14H24O9. The van der Waals surface area contributed by atoms with Gasteiger partial charge < -0.3 is 29.2 Å². The number of carboxylic acid groups (broad SMARTS) is 2. The largest absolute Gasteiger partial charge is 0.481 e. The average Bonchev–Trinajstić information content (AvgIpc) is 2.48. The zero-order valence-corrected chi connectivity index (χ0v) is 13.2. The molecule has 0 aromatic rings. The van der Waals surface area contributed by atoms with Gasteiger partial charge in [-0.25, -0.2) is 0 Å². The highest BCUT2D eigenvalue weighted by atomic mass is 16.5. The molecule has 0 aliphatic heterocycles. The second-order valence-corrected chi connectivity index (χ2v) is 5.22. The van der Waals surface area contributed by atoms with Crippen molar-refractivity contribution in [3.8, 4) is 0 Å². The maximum absolute atomic E-state index is 10.4. The molecule has 0 fully saturated rings. The van der Waals surface area contributed by atoms with E-state index in [1.807, 2.05) is 6.92 Å². The van der Waals surface area contributed by atoms with Crippen molar-refractivity contribution >= 4 is 18.4 Å². The summed E-state index contributed by atoms with van der Waals surface area (Å²) in [7, 11) is 0. The lowest BCUT2D eigenvalue weighted by molar-refractivity contribution is -0.139. The summed E-state index contributed by atoms with van der Waals surface area (Å²) in [5, 5.41) is 17.1. The van der Waals surface area contributed by atoms with Crippen LogP contribution in [0.3, 0.4) is 0 Å². The predicted octanol–water partition coefficient (Wildman–Crippen LogP) is 0.165. The molecule has 0 aromatic heterocycles. The smallest absolute Gasteiger partial charge is 0.305 e. The highest BCUT2D eigenvalue weighted by Gasteiger charge is 2.26. The first-order valence-electron chi connectivity index (χ1n) is 7.12. The van der Waals surface area contributed by atoms with Crippen LogP contribution < -0.4 is 0 Å². The summed E-state index contributed by atoms with van der Waals surface area (Å²) in [6.45, 7) is 3.22. The third kappa shape index (κ3) is 13.7. The van der Waals surface area contributed by atoms with Gasteiger partial charge in [-0.05, 0) is 0 Å². The number of carbonyl (C=O) groups is 3. The Morgan fingerprint density at radius 2 is 1.30 bits per heavy atom. The maximum atomic E-state index is 10.4. The van der Waals surface area contributed by atoms with Gasteiger partial charge in [-0.2, -0.15) is 0 Å². The first-order chi connectivity index (χ1) is 10.9. The first-order valence-corrected chi connectivity index (χ1v) is 7.12. The van der Waals surface area contributed by atoms with Gasteiger partial charge in [-0.3, -0.25) is 14.4 Å². The van der Waals surface area contributed by atoms with Crippen LogP contribution in [0.15, 0.2) is 0 Å². The molecule has 0 atom stereocenters. The Morgan fingerprint density at radius 3 is 1.70 bits per heavy atom. The maximum Gasteiger partial charge on any atom is 0.305 e. The van der Waals surface area contributed by atoms with Gasteiger partial charge in [0.15, 0.2) is 0 Å². The van der Waals surface area contributed by atoms with Crippen molar-refractivity contribution in [1.29, 1.82) is 0 Å². The highest BCUT2D eigenvalue weighted by Crippen LogP contribution is 2.18. The van der Waals surface area contributed by atoms with Crippen molar-refractivity contribution in [3.05, 3.63) is 0 Å². The fourth-order valence-electron chi connectivity index (χ4n) is 1.55. The van der Waals surface area contributed by atoms with Crippen LogP contribution in [0.25, 0.3) is 0 Å². The molecule has 0 unspecified atom stereocenters. The molecule has 0 rings (SSSR count). The number of ether oxygens (including phenoxy) is 4. The summed E-state index contributed by atoms with van der Waals surface area (Å²) < 4.78 is 20.5. The minimum absolute atomic E-state index is 0.0638. The SMILES string of the molecule is CC(COCCOC=O)(COCCC(=O)O)COCCC(=O)O. The lowest BCUT2D eigenvalue weighted by atomic mass is 9.94. The summed E-state index contributed by atoms with van der Waals surface area (Å²) in [5.41, 5.74) is -0.571. The van der Waals surface area contributed by atoms with Crippen LogP contribution in [-0.2, 0) is 33.3 Å². The van der Waals surface area contributed by atoms with Crippen molar-refractivity contribution in [2.24, 2.45) is 5.41 Å². The van der Waals surface area contributed by atoms with Crippen LogP contribution in [0.4, 0.5) is 0 Å². The van der Waals surface area contributed by atoms with Crippen LogP contribution >= 0.6 is 0 Å². The standard InChI is InChI=1S/C14H24O9/c1-14(8-20-4-2-12(16)17,9-21-5-3-13(18)19)10-22-6-7-23-11-15/h11H,2-10H2,1H3,(H,16,17)(H,18,19). The zero-order valence-electron chi connectivity index (χ0n) is 13.2. The lowest BCUT2D eigenvalue weighted by Gasteiger charge is -2.28. The molecule has 0 spiro atoms. The number of hydrogen-bond acceptors (Lipinski definition) is 7. The van der Waals surface area contributed by atoms with E-state index in [4.69, 9.17) is 24.4 Å². The Balaban J connectivity index is 4.17. The summed E-state index contributed by atoms with van der Waals surface area (Å²) in [6.07, 6.45) is -0.214. The van der Waals surface area contributed by atoms with Gasteiger partial charge in [-0.15, -0.1) is 0 Å². The van der Waals surface area contributed by atoms with Crippen LogP contribution in [0.5, 0.6) is 0 Å². The van der Waals surface area contributed by atoms with E-state index < -0.39 is 17.4 Å². The summed E-state index contributed by atoms with van der Waals surface area (Å²) in [6, 6.07) is 0. The molecule has 0 aliphatic carbocycles. The van der Waals surface area contributed by atoms with Crippen molar-refractivity contribution in [2.45, 2.75) is 19.8 Å².